The molecule has 116 valence electrons. The average molecular weight is 308 g/mol. The van der Waals surface area contributed by atoms with Crippen LogP contribution >= 0.6 is 0 Å². The summed E-state index contributed by atoms with van der Waals surface area (Å²) < 4.78 is 23.3. The number of nitrogens with zero attached hydrogens (tertiary/aromatic N) is 1. The van der Waals surface area contributed by atoms with Crippen LogP contribution in [0.25, 0.3) is 0 Å². The van der Waals surface area contributed by atoms with Crippen molar-refractivity contribution >= 4 is 9.84 Å². The van der Waals surface area contributed by atoms with Crippen molar-refractivity contribution in [2.75, 3.05) is 39.0 Å². The van der Waals surface area contributed by atoms with Gasteiger partial charge in [0.15, 0.2) is 9.84 Å². The maximum Gasteiger partial charge on any atom is 0.157 e. The molecular weight excluding hydrogens is 284 g/mol. The van der Waals surface area contributed by atoms with Crippen molar-refractivity contribution in [1.82, 2.24) is 10.2 Å². The zero-order valence-electron chi connectivity index (χ0n) is 12.6. The van der Waals surface area contributed by atoms with E-state index in [4.69, 9.17) is 0 Å². The van der Waals surface area contributed by atoms with Gasteiger partial charge in [0, 0.05) is 39.0 Å². The summed E-state index contributed by atoms with van der Waals surface area (Å²) >= 11 is 0. The summed E-state index contributed by atoms with van der Waals surface area (Å²) in [4.78, 5) is 2.48. The lowest BCUT2D eigenvalue weighted by molar-refractivity contribution is 0.244. The highest BCUT2D eigenvalue weighted by atomic mass is 32.2. The zero-order valence-corrected chi connectivity index (χ0v) is 13.5. The third-order valence-corrected chi connectivity index (χ3v) is 6.88. The van der Waals surface area contributed by atoms with E-state index in [0.29, 0.717) is 0 Å². The van der Waals surface area contributed by atoms with E-state index in [1.54, 1.807) is 0 Å². The van der Waals surface area contributed by atoms with Crippen LogP contribution in [0, 0.1) is 0 Å². The van der Waals surface area contributed by atoms with E-state index >= 15 is 0 Å². The summed E-state index contributed by atoms with van der Waals surface area (Å²) in [5, 5.41) is 3.36. The lowest BCUT2D eigenvalue weighted by Crippen LogP contribution is -2.44. The summed E-state index contributed by atoms with van der Waals surface area (Å²) in [7, 11) is -3.00. The number of benzene rings is 1. The van der Waals surface area contributed by atoms with Gasteiger partial charge in [-0.3, -0.25) is 0 Å². The molecule has 1 N–H and O–H groups in total. The van der Waals surface area contributed by atoms with Crippen LogP contribution in [0.1, 0.15) is 24.0 Å². The molecule has 1 saturated heterocycles. The van der Waals surface area contributed by atoms with Crippen molar-refractivity contribution in [1.29, 1.82) is 0 Å². The topological polar surface area (TPSA) is 49.4 Å². The summed E-state index contributed by atoms with van der Waals surface area (Å²) in [6.45, 7) is 5.48. The van der Waals surface area contributed by atoms with E-state index in [0.717, 1.165) is 57.5 Å². The molecule has 3 rings (SSSR count). The van der Waals surface area contributed by atoms with Crippen molar-refractivity contribution in [3.05, 3.63) is 35.4 Å². The molecule has 1 aromatic rings. The maximum absolute atomic E-state index is 11.9. The number of hydrogen-bond acceptors (Lipinski definition) is 4. The van der Waals surface area contributed by atoms with Gasteiger partial charge in [-0.2, -0.15) is 0 Å². The highest BCUT2D eigenvalue weighted by molar-refractivity contribution is 7.92. The smallest absolute Gasteiger partial charge is 0.157 e. The largest absolute Gasteiger partial charge is 0.314 e. The molecule has 1 aromatic carbocycles. The van der Waals surface area contributed by atoms with Gasteiger partial charge < -0.3 is 10.2 Å². The van der Waals surface area contributed by atoms with Crippen LogP contribution < -0.4 is 5.32 Å². The first-order valence-corrected chi connectivity index (χ1v) is 9.62. The van der Waals surface area contributed by atoms with Gasteiger partial charge in [-0.25, -0.2) is 8.42 Å². The molecule has 1 aliphatic heterocycles. The van der Waals surface area contributed by atoms with Crippen LogP contribution in [0.15, 0.2) is 24.3 Å². The fourth-order valence-electron chi connectivity index (χ4n) is 3.18. The third kappa shape index (κ3) is 3.15. The van der Waals surface area contributed by atoms with Crippen LogP contribution in [0.3, 0.4) is 0 Å². The molecule has 0 amide bonds. The van der Waals surface area contributed by atoms with Gasteiger partial charge in [0.2, 0.25) is 0 Å². The molecule has 2 aliphatic rings. The normalized spacial score (nSPS) is 22.1. The Bertz CT molecular complexity index is 585. The van der Waals surface area contributed by atoms with Crippen molar-refractivity contribution < 1.29 is 8.42 Å². The van der Waals surface area contributed by atoms with E-state index in [1.807, 2.05) is 12.1 Å². The van der Waals surface area contributed by atoms with Crippen LogP contribution in [0.5, 0.6) is 0 Å². The first kappa shape index (κ1) is 15.0. The number of piperazine rings is 1. The number of nitrogens with one attached hydrogen (secondary N) is 1. The first-order valence-electron chi connectivity index (χ1n) is 7.73. The average Bonchev–Trinajstić information content (AvgIpc) is 3.28. The fourth-order valence-corrected chi connectivity index (χ4v) is 4.59. The monoisotopic (exact) mass is 308 g/mol. The van der Waals surface area contributed by atoms with Crippen molar-refractivity contribution in [3.8, 4) is 0 Å². The van der Waals surface area contributed by atoms with Crippen molar-refractivity contribution in [2.45, 2.75) is 24.0 Å². The van der Waals surface area contributed by atoms with Crippen molar-refractivity contribution in [2.24, 2.45) is 0 Å². The summed E-state index contributed by atoms with van der Waals surface area (Å²) in [6, 6.07) is 8.23. The Morgan fingerprint density at radius 1 is 1.14 bits per heavy atom. The Labute approximate surface area is 127 Å². The van der Waals surface area contributed by atoms with E-state index in [1.165, 1.54) is 11.8 Å². The summed E-state index contributed by atoms with van der Waals surface area (Å²) in [5.41, 5.74) is 2.26. The van der Waals surface area contributed by atoms with Gasteiger partial charge in [-0.1, -0.05) is 24.3 Å². The van der Waals surface area contributed by atoms with E-state index < -0.39 is 14.6 Å². The highest BCUT2D eigenvalue weighted by Crippen LogP contribution is 2.52. The molecule has 0 radical (unpaired) electrons. The molecular formula is C16H24N2O2S. The van der Waals surface area contributed by atoms with Gasteiger partial charge in [0.1, 0.15) is 0 Å². The lowest BCUT2D eigenvalue weighted by atomic mass is 10.1. The van der Waals surface area contributed by atoms with Crippen LogP contribution in [0.4, 0.5) is 0 Å². The van der Waals surface area contributed by atoms with Gasteiger partial charge in [0.25, 0.3) is 0 Å². The van der Waals surface area contributed by atoms with E-state index in [9.17, 15) is 8.42 Å². The molecule has 21 heavy (non-hydrogen) atoms. The van der Waals surface area contributed by atoms with Gasteiger partial charge >= 0.3 is 0 Å². The van der Waals surface area contributed by atoms with Crippen molar-refractivity contribution in [3.63, 3.8) is 0 Å². The quantitative estimate of drug-likeness (QED) is 0.887. The predicted molar refractivity (Wildman–Crippen MR) is 85.2 cm³/mol. The second kappa shape index (κ2) is 5.71. The predicted octanol–water partition coefficient (Wildman–Crippen LogP) is 1.17. The van der Waals surface area contributed by atoms with E-state index in [-0.39, 0.29) is 0 Å². The molecule has 5 heteroatoms. The second-order valence-corrected chi connectivity index (χ2v) is 8.63. The Hall–Kier alpha value is -0.910. The van der Waals surface area contributed by atoms with Gasteiger partial charge in [0.05, 0.1) is 4.75 Å². The Morgan fingerprint density at radius 2 is 1.76 bits per heavy atom. The first-order chi connectivity index (χ1) is 10.0. The molecule has 0 bridgehead atoms. The zero-order chi connectivity index (χ0) is 14.9. The maximum atomic E-state index is 11.9. The molecule has 0 unspecified atom stereocenters. The molecule has 1 saturated carbocycles. The van der Waals surface area contributed by atoms with Gasteiger partial charge in [-0.05, 0) is 30.4 Å². The molecule has 2 fully saturated rings. The van der Waals surface area contributed by atoms with E-state index in [2.05, 4.69) is 22.3 Å². The van der Waals surface area contributed by atoms with Crippen LogP contribution in [0.2, 0.25) is 0 Å². The second-order valence-electron chi connectivity index (χ2n) is 6.31. The van der Waals surface area contributed by atoms with Gasteiger partial charge in [-0.15, -0.1) is 0 Å². The minimum absolute atomic E-state index is 0.579. The molecule has 0 spiro atoms. The molecule has 1 heterocycles. The number of rotatable bonds is 5. The molecule has 1 aliphatic carbocycles. The SMILES string of the molecule is CS(=O)(=O)C1(c2ccc(CCN3CCNCC3)cc2)CC1. The van der Waals surface area contributed by atoms with Crippen LogP contribution in [-0.2, 0) is 21.0 Å². The number of hydrogen-bond donors (Lipinski definition) is 1. The summed E-state index contributed by atoms with van der Waals surface area (Å²) in [5.74, 6) is 0. The Kier molecular flexibility index (Phi) is 4.08. The fraction of sp³-hybridized carbons (Fsp3) is 0.625. The Balaban J connectivity index is 1.62. The lowest BCUT2D eigenvalue weighted by Gasteiger charge is -2.27. The minimum Gasteiger partial charge on any atom is -0.314 e. The molecule has 4 nitrogen and oxygen atoms in total. The minimum atomic E-state index is -3.00. The standard InChI is InChI=1S/C16H24N2O2S/c1-21(19,20)16(7-8-16)15-4-2-14(3-5-15)6-11-18-12-9-17-10-13-18/h2-5,17H,6-13H2,1H3. The molecule has 0 atom stereocenters. The third-order valence-electron chi connectivity index (χ3n) is 4.82. The Morgan fingerprint density at radius 3 is 2.29 bits per heavy atom. The molecule has 0 aromatic heterocycles. The highest BCUT2D eigenvalue weighted by Gasteiger charge is 2.53. The summed E-state index contributed by atoms with van der Waals surface area (Å²) in [6.07, 6.45) is 3.93. The van der Waals surface area contributed by atoms with Crippen LogP contribution in [-0.4, -0.2) is 52.3 Å². The number of sulfone groups is 1.